The molecule has 1 N–H and O–H groups in total. The molecule has 2 amide bonds. The van der Waals surface area contributed by atoms with E-state index in [9.17, 15) is 9.59 Å². The molecule has 0 bridgehead atoms. The van der Waals surface area contributed by atoms with Crippen LogP contribution in [0.5, 0.6) is 0 Å². The molecule has 6 nitrogen and oxygen atoms in total. The van der Waals surface area contributed by atoms with Crippen LogP contribution in [0.3, 0.4) is 0 Å². The maximum atomic E-state index is 12.4. The Hall–Kier alpha value is -1.30. The van der Waals surface area contributed by atoms with Crippen LogP contribution in [0.1, 0.15) is 19.8 Å². The fourth-order valence-corrected chi connectivity index (χ4v) is 2.90. The summed E-state index contributed by atoms with van der Waals surface area (Å²) >= 11 is 0. The molecule has 2 saturated heterocycles. The third kappa shape index (κ3) is 3.00. The molecule has 6 heteroatoms. The number of hydrogen-bond acceptors (Lipinski definition) is 3. The van der Waals surface area contributed by atoms with Crippen LogP contribution < -0.4 is 0 Å². The summed E-state index contributed by atoms with van der Waals surface area (Å²) in [5.41, 5.74) is 0. The molecule has 2 fully saturated rings. The van der Waals surface area contributed by atoms with Gasteiger partial charge in [0.2, 0.25) is 0 Å². The Bertz CT molecular complexity index is 361. The zero-order valence-electron chi connectivity index (χ0n) is 11.7. The van der Waals surface area contributed by atoms with E-state index in [-0.39, 0.29) is 6.03 Å². The predicted octanol–water partition coefficient (Wildman–Crippen LogP) is 0.539. The van der Waals surface area contributed by atoms with E-state index in [2.05, 4.69) is 18.9 Å². The minimum Gasteiger partial charge on any atom is -0.481 e. The van der Waals surface area contributed by atoms with Gasteiger partial charge in [-0.1, -0.05) is 6.92 Å². The first kappa shape index (κ1) is 14.1. The first-order chi connectivity index (χ1) is 9.02. The zero-order chi connectivity index (χ0) is 14.0. The van der Waals surface area contributed by atoms with Gasteiger partial charge in [-0.15, -0.1) is 0 Å². The molecule has 2 rings (SSSR count). The highest BCUT2D eigenvalue weighted by atomic mass is 16.4. The summed E-state index contributed by atoms with van der Waals surface area (Å²) in [4.78, 5) is 29.2. The lowest BCUT2D eigenvalue weighted by atomic mass is 10.1. The zero-order valence-corrected chi connectivity index (χ0v) is 11.7. The molecule has 0 aromatic carbocycles. The summed E-state index contributed by atoms with van der Waals surface area (Å²) in [6, 6.07) is 0.422. The molecule has 2 heterocycles. The molecule has 0 aliphatic carbocycles. The second kappa shape index (κ2) is 5.77. The van der Waals surface area contributed by atoms with Crippen molar-refractivity contribution >= 4 is 12.0 Å². The summed E-state index contributed by atoms with van der Waals surface area (Å²) in [5, 5.41) is 8.98. The normalized spacial score (nSPS) is 28.7. The standard InChI is InChI=1S/C13H23N3O3/c1-3-11-9-16(7-6-14(11)2)13(19)15-5-4-10(8-15)12(17)18/h10-11H,3-9H2,1-2H3,(H,17,18). The van der Waals surface area contributed by atoms with Crippen molar-refractivity contribution in [3.05, 3.63) is 0 Å². The molecule has 2 unspecified atom stereocenters. The van der Waals surface area contributed by atoms with E-state index in [1.807, 2.05) is 4.90 Å². The van der Waals surface area contributed by atoms with Gasteiger partial charge in [0.05, 0.1) is 5.92 Å². The van der Waals surface area contributed by atoms with Gasteiger partial charge in [-0.05, 0) is 19.9 Å². The molecule has 2 atom stereocenters. The number of aliphatic carboxylic acids is 1. The van der Waals surface area contributed by atoms with E-state index >= 15 is 0 Å². The molecule has 0 spiro atoms. The summed E-state index contributed by atoms with van der Waals surface area (Å²) in [6.07, 6.45) is 1.60. The molecule has 0 aromatic heterocycles. The summed E-state index contributed by atoms with van der Waals surface area (Å²) in [7, 11) is 2.09. The average Bonchev–Trinajstić information content (AvgIpc) is 2.88. The lowest BCUT2D eigenvalue weighted by Crippen LogP contribution is -2.55. The van der Waals surface area contributed by atoms with Crippen molar-refractivity contribution in [1.29, 1.82) is 0 Å². The number of carbonyl (C=O) groups is 2. The summed E-state index contributed by atoms with van der Waals surface area (Å²) < 4.78 is 0. The van der Waals surface area contributed by atoms with Gasteiger partial charge in [-0.25, -0.2) is 4.79 Å². The number of likely N-dealkylation sites (tertiary alicyclic amines) is 1. The van der Waals surface area contributed by atoms with Crippen LogP contribution in [0.2, 0.25) is 0 Å². The van der Waals surface area contributed by atoms with Crippen molar-refractivity contribution in [3.63, 3.8) is 0 Å². The lowest BCUT2D eigenvalue weighted by Gasteiger charge is -2.40. The van der Waals surface area contributed by atoms with Gasteiger partial charge in [0.25, 0.3) is 0 Å². The number of rotatable bonds is 2. The van der Waals surface area contributed by atoms with Crippen LogP contribution in [0.25, 0.3) is 0 Å². The second-order valence-electron chi connectivity index (χ2n) is 5.54. The first-order valence-corrected chi connectivity index (χ1v) is 6.99. The number of urea groups is 1. The number of hydrogen-bond donors (Lipinski definition) is 1. The van der Waals surface area contributed by atoms with Gasteiger partial charge in [0.1, 0.15) is 0 Å². The molecular weight excluding hydrogens is 246 g/mol. The highest BCUT2D eigenvalue weighted by molar-refractivity contribution is 5.77. The Balaban J connectivity index is 1.92. The smallest absolute Gasteiger partial charge is 0.320 e. The molecule has 0 radical (unpaired) electrons. The van der Waals surface area contributed by atoms with Crippen LogP contribution in [-0.4, -0.2) is 77.6 Å². The van der Waals surface area contributed by atoms with Crippen LogP contribution in [0.15, 0.2) is 0 Å². The van der Waals surface area contributed by atoms with Gasteiger partial charge < -0.3 is 14.9 Å². The maximum Gasteiger partial charge on any atom is 0.320 e. The number of carboxylic acid groups (broad SMARTS) is 1. The highest BCUT2D eigenvalue weighted by Crippen LogP contribution is 2.20. The van der Waals surface area contributed by atoms with E-state index < -0.39 is 11.9 Å². The van der Waals surface area contributed by atoms with Crippen LogP contribution >= 0.6 is 0 Å². The summed E-state index contributed by atoms with van der Waals surface area (Å²) in [6.45, 7) is 5.43. The van der Waals surface area contributed by atoms with Crippen molar-refractivity contribution in [1.82, 2.24) is 14.7 Å². The highest BCUT2D eigenvalue weighted by Gasteiger charge is 2.35. The number of nitrogens with zero attached hydrogens (tertiary/aromatic N) is 3. The first-order valence-electron chi connectivity index (χ1n) is 6.99. The van der Waals surface area contributed by atoms with Crippen molar-refractivity contribution in [2.75, 3.05) is 39.8 Å². The Morgan fingerprint density at radius 3 is 2.42 bits per heavy atom. The van der Waals surface area contributed by atoms with E-state index in [4.69, 9.17) is 5.11 Å². The topological polar surface area (TPSA) is 64.1 Å². The minimum atomic E-state index is -0.792. The predicted molar refractivity (Wildman–Crippen MR) is 71.0 cm³/mol. The molecule has 0 aromatic rings. The Kier molecular flexibility index (Phi) is 4.29. The maximum absolute atomic E-state index is 12.4. The SMILES string of the molecule is CCC1CN(C(=O)N2CCC(C(=O)O)C2)CCN1C. The molecule has 2 aliphatic rings. The molecule has 2 aliphatic heterocycles. The lowest BCUT2D eigenvalue weighted by molar-refractivity contribution is -0.141. The van der Waals surface area contributed by atoms with Gasteiger partial charge >= 0.3 is 12.0 Å². The average molecular weight is 269 g/mol. The van der Waals surface area contributed by atoms with Crippen LogP contribution in [0.4, 0.5) is 4.79 Å². The van der Waals surface area contributed by atoms with Crippen molar-refractivity contribution in [2.45, 2.75) is 25.8 Å². The molecular formula is C13H23N3O3. The Morgan fingerprint density at radius 2 is 1.84 bits per heavy atom. The van der Waals surface area contributed by atoms with Gasteiger partial charge in [0.15, 0.2) is 0 Å². The fraction of sp³-hybridized carbons (Fsp3) is 0.846. The van der Waals surface area contributed by atoms with Crippen molar-refractivity contribution in [3.8, 4) is 0 Å². The number of carbonyl (C=O) groups excluding carboxylic acids is 1. The molecule has 19 heavy (non-hydrogen) atoms. The third-order valence-corrected chi connectivity index (χ3v) is 4.33. The quantitative estimate of drug-likeness (QED) is 0.794. The van der Waals surface area contributed by atoms with Crippen LogP contribution in [-0.2, 0) is 4.79 Å². The second-order valence-corrected chi connectivity index (χ2v) is 5.54. The molecule has 0 saturated carbocycles. The largest absolute Gasteiger partial charge is 0.481 e. The van der Waals surface area contributed by atoms with E-state index in [1.165, 1.54) is 0 Å². The summed E-state index contributed by atoms with van der Waals surface area (Å²) in [5.74, 6) is -1.18. The van der Waals surface area contributed by atoms with Gasteiger partial charge in [-0.3, -0.25) is 9.69 Å². The van der Waals surface area contributed by atoms with Crippen LogP contribution in [0, 0.1) is 5.92 Å². The number of likely N-dealkylation sites (N-methyl/N-ethyl adjacent to an activating group) is 1. The van der Waals surface area contributed by atoms with E-state index in [1.54, 1.807) is 4.90 Å². The molecule has 108 valence electrons. The van der Waals surface area contributed by atoms with E-state index in [0.29, 0.717) is 25.6 Å². The van der Waals surface area contributed by atoms with Gasteiger partial charge in [0, 0.05) is 38.8 Å². The van der Waals surface area contributed by atoms with Crippen molar-refractivity contribution < 1.29 is 14.7 Å². The number of amides is 2. The Labute approximate surface area is 114 Å². The number of carboxylic acids is 1. The van der Waals surface area contributed by atoms with Gasteiger partial charge in [-0.2, -0.15) is 0 Å². The minimum absolute atomic E-state index is 0.00954. The number of piperazine rings is 1. The van der Waals surface area contributed by atoms with E-state index in [0.717, 1.165) is 26.1 Å². The monoisotopic (exact) mass is 269 g/mol. The van der Waals surface area contributed by atoms with Crippen molar-refractivity contribution in [2.24, 2.45) is 5.92 Å². The third-order valence-electron chi connectivity index (χ3n) is 4.33. The fourth-order valence-electron chi connectivity index (χ4n) is 2.90. The Morgan fingerprint density at radius 1 is 1.16 bits per heavy atom.